The van der Waals surface area contributed by atoms with Crippen molar-refractivity contribution in [2.75, 3.05) is 12.4 Å². The number of hydrogen-bond acceptors (Lipinski definition) is 1. The molecule has 0 amide bonds. The summed E-state index contributed by atoms with van der Waals surface area (Å²) in [7, 11) is 1.71. The van der Waals surface area contributed by atoms with Crippen LogP contribution in [0, 0.1) is 5.41 Å². The smallest absolute Gasteiger partial charge is 0.122 e. The van der Waals surface area contributed by atoms with Gasteiger partial charge in [-0.1, -0.05) is 47.1 Å². The van der Waals surface area contributed by atoms with Gasteiger partial charge in [0.25, 0.3) is 0 Å². The number of methoxy groups -OCH3 is 1. The molecule has 82 valence electrons. The zero-order valence-electron chi connectivity index (χ0n) is 9.29. The maximum absolute atomic E-state index is 5.33. The van der Waals surface area contributed by atoms with Gasteiger partial charge in [-0.05, 0) is 23.5 Å². The van der Waals surface area contributed by atoms with Gasteiger partial charge in [0.2, 0.25) is 0 Å². The number of para-hydroxylation sites is 1. The van der Waals surface area contributed by atoms with Gasteiger partial charge in [0, 0.05) is 5.33 Å². The fourth-order valence-corrected chi connectivity index (χ4v) is 1.89. The van der Waals surface area contributed by atoms with Gasteiger partial charge in [-0.15, -0.1) is 6.58 Å². The van der Waals surface area contributed by atoms with E-state index < -0.39 is 0 Å². The topological polar surface area (TPSA) is 9.23 Å². The molecule has 0 aliphatic carbocycles. The molecule has 1 unspecified atom stereocenters. The standard InChI is InChI=1S/C13H17BrO/c1-4-13(2,10-14)9-11-7-5-6-8-12(11)15-3/h4-8H,1,9-10H2,2-3H3. The SMILES string of the molecule is C=CC(C)(CBr)Cc1ccccc1OC. The first kappa shape index (κ1) is 12.3. The van der Waals surface area contributed by atoms with Crippen molar-refractivity contribution in [2.45, 2.75) is 13.3 Å². The highest BCUT2D eigenvalue weighted by Gasteiger charge is 2.20. The minimum Gasteiger partial charge on any atom is -0.496 e. The number of hydrogen-bond donors (Lipinski definition) is 0. The van der Waals surface area contributed by atoms with Crippen molar-refractivity contribution in [3.05, 3.63) is 42.5 Å². The van der Waals surface area contributed by atoms with E-state index in [0.29, 0.717) is 0 Å². The van der Waals surface area contributed by atoms with E-state index in [-0.39, 0.29) is 5.41 Å². The summed E-state index contributed by atoms with van der Waals surface area (Å²) < 4.78 is 5.33. The Morgan fingerprint density at radius 1 is 1.47 bits per heavy atom. The van der Waals surface area contributed by atoms with E-state index in [0.717, 1.165) is 17.5 Å². The molecule has 0 aliphatic heterocycles. The lowest BCUT2D eigenvalue weighted by Crippen LogP contribution is -2.18. The molecule has 0 N–H and O–H groups in total. The molecule has 2 heteroatoms. The van der Waals surface area contributed by atoms with Crippen LogP contribution in [-0.2, 0) is 6.42 Å². The fraction of sp³-hybridized carbons (Fsp3) is 0.385. The molecule has 1 nitrogen and oxygen atoms in total. The van der Waals surface area contributed by atoms with Crippen molar-refractivity contribution in [1.82, 2.24) is 0 Å². The van der Waals surface area contributed by atoms with E-state index in [2.05, 4.69) is 35.5 Å². The van der Waals surface area contributed by atoms with Crippen LogP contribution >= 0.6 is 15.9 Å². The number of benzene rings is 1. The van der Waals surface area contributed by atoms with E-state index in [1.165, 1.54) is 5.56 Å². The van der Waals surface area contributed by atoms with Gasteiger partial charge in [-0.25, -0.2) is 0 Å². The molecule has 0 aliphatic rings. The average molecular weight is 269 g/mol. The summed E-state index contributed by atoms with van der Waals surface area (Å²) in [5.41, 5.74) is 1.30. The Morgan fingerprint density at radius 3 is 2.67 bits per heavy atom. The van der Waals surface area contributed by atoms with Gasteiger partial charge in [-0.2, -0.15) is 0 Å². The largest absolute Gasteiger partial charge is 0.496 e. The Balaban J connectivity index is 2.92. The first-order valence-electron chi connectivity index (χ1n) is 4.96. The van der Waals surface area contributed by atoms with Gasteiger partial charge >= 0.3 is 0 Å². The zero-order chi connectivity index (χ0) is 11.3. The van der Waals surface area contributed by atoms with Crippen LogP contribution in [0.1, 0.15) is 12.5 Å². The van der Waals surface area contributed by atoms with Crippen LogP contribution in [0.5, 0.6) is 5.75 Å². The molecule has 1 aromatic carbocycles. The first-order chi connectivity index (χ1) is 7.15. The number of alkyl halides is 1. The Kier molecular flexibility index (Phi) is 4.40. The Labute approximate surface area is 100 Å². The third-order valence-electron chi connectivity index (χ3n) is 2.58. The van der Waals surface area contributed by atoms with Crippen LogP contribution in [0.4, 0.5) is 0 Å². The van der Waals surface area contributed by atoms with Gasteiger partial charge in [0.05, 0.1) is 7.11 Å². The van der Waals surface area contributed by atoms with Gasteiger partial charge in [0.1, 0.15) is 5.75 Å². The van der Waals surface area contributed by atoms with Gasteiger partial charge in [-0.3, -0.25) is 0 Å². The predicted molar refractivity (Wildman–Crippen MR) is 68.8 cm³/mol. The average Bonchev–Trinajstić information content (AvgIpc) is 2.29. The van der Waals surface area contributed by atoms with Gasteiger partial charge < -0.3 is 4.74 Å². The summed E-state index contributed by atoms with van der Waals surface area (Å²) in [5.74, 6) is 0.950. The predicted octanol–water partition coefficient (Wildman–Crippen LogP) is 3.82. The molecule has 0 bridgehead atoms. The van der Waals surface area contributed by atoms with Gasteiger partial charge in [0.15, 0.2) is 0 Å². The lowest BCUT2D eigenvalue weighted by atomic mass is 9.85. The summed E-state index contributed by atoms with van der Waals surface area (Å²) in [6.45, 7) is 6.07. The number of ether oxygens (including phenoxy) is 1. The zero-order valence-corrected chi connectivity index (χ0v) is 10.9. The fourth-order valence-electron chi connectivity index (χ4n) is 1.46. The normalized spacial score (nSPS) is 14.3. The maximum atomic E-state index is 5.33. The Bertz CT molecular complexity index is 335. The van der Waals surface area contributed by atoms with Crippen LogP contribution in [0.25, 0.3) is 0 Å². The van der Waals surface area contributed by atoms with E-state index in [9.17, 15) is 0 Å². The number of rotatable bonds is 5. The third-order valence-corrected chi connectivity index (χ3v) is 3.87. The van der Waals surface area contributed by atoms with Crippen molar-refractivity contribution >= 4 is 15.9 Å². The van der Waals surface area contributed by atoms with E-state index >= 15 is 0 Å². The molecule has 0 spiro atoms. The molecule has 15 heavy (non-hydrogen) atoms. The second kappa shape index (κ2) is 5.36. The Hall–Kier alpha value is -0.760. The highest BCUT2D eigenvalue weighted by molar-refractivity contribution is 9.09. The van der Waals surface area contributed by atoms with Crippen LogP contribution in [0.15, 0.2) is 36.9 Å². The monoisotopic (exact) mass is 268 g/mol. The second-order valence-corrected chi connectivity index (χ2v) is 4.54. The third kappa shape index (κ3) is 3.10. The molecule has 0 aromatic heterocycles. The van der Waals surface area contributed by atoms with E-state index in [1.807, 2.05) is 24.3 Å². The highest BCUT2D eigenvalue weighted by Crippen LogP contribution is 2.30. The molecule has 0 heterocycles. The summed E-state index contributed by atoms with van der Waals surface area (Å²) >= 11 is 3.52. The molecule has 0 fully saturated rings. The lowest BCUT2D eigenvalue weighted by molar-refractivity contribution is 0.399. The molecular weight excluding hydrogens is 252 g/mol. The van der Waals surface area contributed by atoms with Crippen LogP contribution in [0.2, 0.25) is 0 Å². The van der Waals surface area contributed by atoms with E-state index in [4.69, 9.17) is 4.74 Å². The van der Waals surface area contributed by atoms with Crippen molar-refractivity contribution in [2.24, 2.45) is 5.41 Å². The van der Waals surface area contributed by atoms with Crippen LogP contribution in [0.3, 0.4) is 0 Å². The second-order valence-electron chi connectivity index (χ2n) is 3.98. The summed E-state index contributed by atoms with van der Waals surface area (Å²) in [6, 6.07) is 8.12. The molecule has 0 radical (unpaired) electrons. The lowest BCUT2D eigenvalue weighted by Gasteiger charge is -2.23. The highest BCUT2D eigenvalue weighted by atomic mass is 79.9. The number of halogens is 1. The van der Waals surface area contributed by atoms with Crippen molar-refractivity contribution < 1.29 is 4.74 Å². The molecule has 1 aromatic rings. The summed E-state index contributed by atoms with van der Waals surface area (Å²) in [4.78, 5) is 0. The van der Waals surface area contributed by atoms with Crippen molar-refractivity contribution in [3.8, 4) is 5.75 Å². The molecule has 1 atom stereocenters. The van der Waals surface area contributed by atoms with E-state index in [1.54, 1.807) is 7.11 Å². The number of allylic oxidation sites excluding steroid dienone is 1. The molecular formula is C13H17BrO. The van der Waals surface area contributed by atoms with Crippen LogP contribution < -0.4 is 4.74 Å². The molecule has 1 rings (SSSR count). The minimum atomic E-state index is 0.0780. The van der Waals surface area contributed by atoms with Crippen LogP contribution in [-0.4, -0.2) is 12.4 Å². The minimum absolute atomic E-state index is 0.0780. The maximum Gasteiger partial charge on any atom is 0.122 e. The molecule has 0 saturated heterocycles. The first-order valence-corrected chi connectivity index (χ1v) is 6.09. The van der Waals surface area contributed by atoms with Crippen molar-refractivity contribution in [3.63, 3.8) is 0 Å². The summed E-state index contributed by atoms with van der Waals surface area (Å²) in [5, 5.41) is 0.904. The Morgan fingerprint density at radius 2 is 2.13 bits per heavy atom. The van der Waals surface area contributed by atoms with Crippen molar-refractivity contribution in [1.29, 1.82) is 0 Å². The summed E-state index contributed by atoms with van der Waals surface area (Å²) in [6.07, 6.45) is 2.93. The molecule has 0 saturated carbocycles. The quantitative estimate of drug-likeness (QED) is 0.583.